The van der Waals surface area contributed by atoms with Crippen LogP contribution in [0.25, 0.3) is 0 Å². The second-order valence-electron chi connectivity index (χ2n) is 5.16. The lowest BCUT2D eigenvalue weighted by Crippen LogP contribution is -2.22. The summed E-state index contributed by atoms with van der Waals surface area (Å²) in [7, 11) is -2.61. The van der Waals surface area contributed by atoms with Gasteiger partial charge in [0, 0.05) is 6.26 Å². The molecule has 18 heavy (non-hydrogen) atoms. The fourth-order valence-electron chi connectivity index (χ4n) is 1.35. The van der Waals surface area contributed by atoms with E-state index < -0.39 is 21.4 Å². The zero-order chi connectivity index (χ0) is 13.8. The van der Waals surface area contributed by atoms with Crippen LogP contribution in [0.3, 0.4) is 0 Å². The van der Waals surface area contributed by atoms with Gasteiger partial charge in [0.25, 0.3) is 0 Å². The fourth-order valence-corrected chi connectivity index (χ4v) is 2.58. The van der Waals surface area contributed by atoms with Crippen molar-refractivity contribution in [2.45, 2.75) is 32.1 Å². The van der Waals surface area contributed by atoms with Gasteiger partial charge in [-0.3, -0.25) is 0 Å². The number of carbonyl (C=O) groups is 1. The molecule has 0 aliphatic carbocycles. The summed E-state index contributed by atoms with van der Waals surface area (Å²) in [4.78, 5) is 11.5. The third kappa shape index (κ3) is 5.82. The maximum Gasteiger partial charge on any atom is 0.442 e. The van der Waals surface area contributed by atoms with Gasteiger partial charge in [-0.1, -0.05) is 30.3 Å². The highest BCUT2D eigenvalue weighted by atomic mass is 32.2. The van der Waals surface area contributed by atoms with Gasteiger partial charge < -0.3 is 4.74 Å². The zero-order valence-electron chi connectivity index (χ0n) is 11.2. The third-order valence-corrected chi connectivity index (χ3v) is 3.34. The third-order valence-electron chi connectivity index (χ3n) is 1.94. The Balaban J connectivity index is 2.81. The quantitative estimate of drug-likeness (QED) is 0.828. The molecular formula is C13H19NO3S. The first kappa shape index (κ1) is 14.7. The molecule has 0 saturated heterocycles. The van der Waals surface area contributed by atoms with Crippen LogP contribution in [-0.2, 0) is 20.2 Å². The summed E-state index contributed by atoms with van der Waals surface area (Å²) in [5.41, 5.74) is 0.264. The Hall–Kier alpha value is -1.36. The lowest BCUT2D eigenvalue weighted by molar-refractivity contribution is 0.0607. The van der Waals surface area contributed by atoms with Crippen molar-refractivity contribution in [2.24, 2.45) is 4.36 Å². The highest BCUT2D eigenvalue weighted by Crippen LogP contribution is 2.11. The maximum atomic E-state index is 12.2. The number of benzene rings is 1. The summed E-state index contributed by atoms with van der Waals surface area (Å²) in [5.74, 6) is 0.243. The lowest BCUT2D eigenvalue weighted by Gasteiger charge is -2.17. The van der Waals surface area contributed by atoms with Gasteiger partial charge in [-0.15, -0.1) is 4.36 Å². The molecule has 0 aliphatic heterocycles. The van der Waals surface area contributed by atoms with E-state index in [-0.39, 0.29) is 5.75 Å². The summed E-state index contributed by atoms with van der Waals surface area (Å²) in [6.45, 7) is 5.24. The summed E-state index contributed by atoms with van der Waals surface area (Å²) >= 11 is 0. The van der Waals surface area contributed by atoms with Gasteiger partial charge >= 0.3 is 6.09 Å². The molecule has 5 heteroatoms. The van der Waals surface area contributed by atoms with Gasteiger partial charge in [0.15, 0.2) is 0 Å². The van der Waals surface area contributed by atoms with E-state index in [1.807, 2.05) is 30.3 Å². The normalized spacial score (nSPS) is 14.7. The summed E-state index contributed by atoms with van der Waals surface area (Å²) in [6.07, 6.45) is 0.690. The predicted octanol–water partition coefficient (Wildman–Crippen LogP) is 3.22. The molecule has 1 atom stereocenters. The highest BCUT2D eigenvalue weighted by molar-refractivity contribution is 7.92. The van der Waals surface area contributed by atoms with Gasteiger partial charge in [-0.2, -0.15) is 0 Å². The Kier molecular flexibility index (Phi) is 4.51. The molecule has 1 aromatic carbocycles. The van der Waals surface area contributed by atoms with E-state index in [0.29, 0.717) is 0 Å². The van der Waals surface area contributed by atoms with E-state index in [1.165, 1.54) is 6.26 Å². The molecule has 0 aliphatic rings. The minimum absolute atomic E-state index is 0.243. The average molecular weight is 269 g/mol. The van der Waals surface area contributed by atoms with Crippen LogP contribution < -0.4 is 0 Å². The van der Waals surface area contributed by atoms with Gasteiger partial charge in [-0.05, 0) is 26.3 Å². The molecule has 100 valence electrons. The van der Waals surface area contributed by atoms with Crippen LogP contribution in [0.2, 0.25) is 0 Å². The van der Waals surface area contributed by atoms with Gasteiger partial charge in [0.2, 0.25) is 0 Å². The van der Waals surface area contributed by atoms with Crippen molar-refractivity contribution >= 4 is 15.8 Å². The van der Waals surface area contributed by atoms with E-state index in [2.05, 4.69) is 4.36 Å². The van der Waals surface area contributed by atoms with Crippen LogP contribution in [0, 0.1) is 0 Å². The summed E-state index contributed by atoms with van der Waals surface area (Å²) in [6, 6.07) is 9.31. The number of hydrogen-bond donors (Lipinski definition) is 0. The van der Waals surface area contributed by atoms with E-state index in [0.717, 1.165) is 5.56 Å². The van der Waals surface area contributed by atoms with Crippen molar-refractivity contribution in [3.8, 4) is 0 Å². The van der Waals surface area contributed by atoms with Crippen molar-refractivity contribution in [3.05, 3.63) is 35.9 Å². The predicted molar refractivity (Wildman–Crippen MR) is 72.9 cm³/mol. The highest BCUT2D eigenvalue weighted by Gasteiger charge is 2.17. The molecule has 0 saturated carbocycles. The first-order valence-electron chi connectivity index (χ1n) is 5.65. The van der Waals surface area contributed by atoms with Crippen molar-refractivity contribution in [1.29, 1.82) is 0 Å². The average Bonchev–Trinajstić information content (AvgIpc) is 2.13. The molecule has 0 heterocycles. The van der Waals surface area contributed by atoms with E-state index in [9.17, 15) is 9.00 Å². The second-order valence-corrected chi connectivity index (χ2v) is 7.55. The molecule has 1 rings (SSSR count). The first-order valence-corrected chi connectivity index (χ1v) is 7.74. The zero-order valence-corrected chi connectivity index (χ0v) is 12.0. The molecule has 1 aromatic rings. The van der Waals surface area contributed by atoms with Crippen molar-refractivity contribution in [1.82, 2.24) is 0 Å². The van der Waals surface area contributed by atoms with Crippen molar-refractivity contribution in [2.75, 3.05) is 6.26 Å². The molecule has 0 N–H and O–H groups in total. The Morgan fingerprint density at radius 2 is 1.83 bits per heavy atom. The van der Waals surface area contributed by atoms with Crippen molar-refractivity contribution < 1.29 is 13.7 Å². The number of hydrogen-bond acceptors (Lipinski definition) is 3. The number of rotatable bonds is 2. The number of ether oxygens (including phenoxy) is 1. The molecule has 0 spiro atoms. The standard InChI is InChI=1S/C13H19NO3S/c1-13(2,3)17-12(15)14-18(4,16)10-11-8-6-5-7-9-11/h5-9H,10H2,1-4H3/t18-/m1/s1. The van der Waals surface area contributed by atoms with Gasteiger partial charge in [0.05, 0.1) is 15.5 Å². The Bertz CT molecular complexity index is 523. The summed E-state index contributed by atoms with van der Waals surface area (Å²) in [5, 5.41) is 0. The molecule has 0 bridgehead atoms. The monoisotopic (exact) mass is 269 g/mol. The Labute approximate surface area is 109 Å². The van der Waals surface area contributed by atoms with Crippen LogP contribution in [-0.4, -0.2) is 22.2 Å². The molecule has 0 fully saturated rings. The number of amides is 1. The largest absolute Gasteiger partial charge is 0.442 e. The Morgan fingerprint density at radius 1 is 1.28 bits per heavy atom. The SMILES string of the molecule is CC(C)(C)OC(=O)N=[S@](C)(=O)Cc1ccccc1. The molecule has 0 radical (unpaired) electrons. The second kappa shape index (κ2) is 5.52. The van der Waals surface area contributed by atoms with Gasteiger partial charge in [-0.25, -0.2) is 9.00 Å². The fraction of sp³-hybridized carbons (Fsp3) is 0.462. The van der Waals surface area contributed by atoms with E-state index >= 15 is 0 Å². The topological polar surface area (TPSA) is 55.7 Å². The minimum atomic E-state index is -2.61. The van der Waals surface area contributed by atoms with Crippen LogP contribution in [0.1, 0.15) is 26.3 Å². The summed E-state index contributed by atoms with van der Waals surface area (Å²) < 4.78 is 20.9. The Morgan fingerprint density at radius 3 is 2.33 bits per heavy atom. The molecule has 4 nitrogen and oxygen atoms in total. The maximum absolute atomic E-state index is 12.2. The van der Waals surface area contributed by atoms with E-state index in [1.54, 1.807) is 20.8 Å². The smallest absolute Gasteiger partial charge is 0.442 e. The molecular weight excluding hydrogens is 250 g/mol. The molecule has 0 aromatic heterocycles. The number of carbonyl (C=O) groups excluding carboxylic acids is 1. The lowest BCUT2D eigenvalue weighted by atomic mass is 10.2. The minimum Gasteiger partial charge on any atom is -0.442 e. The van der Waals surface area contributed by atoms with Crippen LogP contribution >= 0.6 is 0 Å². The van der Waals surface area contributed by atoms with Crippen molar-refractivity contribution in [3.63, 3.8) is 0 Å². The molecule has 1 amide bonds. The van der Waals surface area contributed by atoms with Crippen LogP contribution in [0.4, 0.5) is 4.79 Å². The number of nitrogens with zero attached hydrogens (tertiary/aromatic N) is 1. The van der Waals surface area contributed by atoms with Crippen LogP contribution in [0.15, 0.2) is 34.7 Å². The first-order chi connectivity index (χ1) is 8.18. The molecule has 0 unspecified atom stereocenters. The van der Waals surface area contributed by atoms with Crippen LogP contribution in [0.5, 0.6) is 0 Å². The van der Waals surface area contributed by atoms with Gasteiger partial charge in [0.1, 0.15) is 5.60 Å². The van der Waals surface area contributed by atoms with E-state index in [4.69, 9.17) is 4.74 Å².